The number of Topliss-reactive ketones (excluding diaryl/α,β-unsaturated/α-hetero) is 1. The number of esters is 1. The summed E-state index contributed by atoms with van der Waals surface area (Å²) in [4.78, 5) is 29.1. The van der Waals surface area contributed by atoms with Gasteiger partial charge in [0.15, 0.2) is 5.78 Å². The lowest BCUT2D eigenvalue weighted by Gasteiger charge is -2.35. The Morgan fingerprint density at radius 1 is 0.900 bits per heavy atom. The van der Waals surface area contributed by atoms with E-state index in [1.165, 1.54) is 21.3 Å². The van der Waals surface area contributed by atoms with Crippen LogP contribution in [-0.4, -0.2) is 39.7 Å². The first-order valence-corrected chi connectivity index (χ1v) is 13.2. The Hall–Kier alpha value is -4.57. The second-order valence-corrected chi connectivity index (χ2v) is 9.49. The van der Waals surface area contributed by atoms with Crippen molar-refractivity contribution >= 4 is 22.9 Å². The maximum absolute atomic E-state index is 14.9. The lowest BCUT2D eigenvalue weighted by molar-refractivity contribution is -0.159. The van der Waals surface area contributed by atoms with E-state index >= 15 is 0 Å². The first kappa shape index (κ1) is 28.4. The SMILES string of the molecule is CCCOC(=O)[C@]1(CCC#N)C(=O)C(c2ccccc2)=C(c2ccccc2)[C@@H]1c1c(OC)cc(OC)cc1OC. The highest BCUT2D eigenvalue weighted by atomic mass is 16.5. The molecule has 7 heteroatoms. The molecule has 1 aliphatic rings. The quantitative estimate of drug-likeness (QED) is 0.210. The molecule has 4 rings (SSSR count). The molecule has 0 fully saturated rings. The van der Waals surface area contributed by atoms with Crippen LogP contribution in [0.5, 0.6) is 17.2 Å². The van der Waals surface area contributed by atoms with Crippen LogP contribution in [-0.2, 0) is 14.3 Å². The zero-order valence-corrected chi connectivity index (χ0v) is 23.2. The number of carbonyl (C=O) groups excluding carboxylic acids is 2. The molecular formula is C33H33NO6. The van der Waals surface area contributed by atoms with Crippen LogP contribution in [0.3, 0.4) is 0 Å². The van der Waals surface area contributed by atoms with Crippen molar-refractivity contribution in [1.29, 1.82) is 5.26 Å². The van der Waals surface area contributed by atoms with Gasteiger partial charge in [0.2, 0.25) is 0 Å². The summed E-state index contributed by atoms with van der Waals surface area (Å²) in [6, 6.07) is 24.3. The molecular weight excluding hydrogens is 506 g/mol. The minimum atomic E-state index is -1.74. The van der Waals surface area contributed by atoms with Crippen molar-refractivity contribution in [3.05, 3.63) is 89.5 Å². The Balaban J connectivity index is 2.19. The molecule has 206 valence electrons. The normalized spacial score (nSPS) is 18.3. The summed E-state index contributed by atoms with van der Waals surface area (Å²) >= 11 is 0. The van der Waals surface area contributed by atoms with Gasteiger partial charge in [-0.3, -0.25) is 9.59 Å². The number of nitrogens with zero attached hydrogens (tertiary/aromatic N) is 1. The van der Waals surface area contributed by atoms with Crippen LogP contribution in [0.25, 0.3) is 11.1 Å². The number of methoxy groups -OCH3 is 3. The van der Waals surface area contributed by atoms with Gasteiger partial charge in [-0.2, -0.15) is 5.26 Å². The van der Waals surface area contributed by atoms with Gasteiger partial charge < -0.3 is 18.9 Å². The van der Waals surface area contributed by atoms with E-state index in [-0.39, 0.29) is 25.2 Å². The Bertz CT molecular complexity index is 1420. The number of hydrogen-bond donors (Lipinski definition) is 0. The van der Waals surface area contributed by atoms with Gasteiger partial charge >= 0.3 is 5.97 Å². The highest BCUT2D eigenvalue weighted by Gasteiger charge is 2.62. The Kier molecular flexibility index (Phi) is 8.90. The summed E-state index contributed by atoms with van der Waals surface area (Å²) in [6.07, 6.45) is 0.508. The van der Waals surface area contributed by atoms with Crippen LogP contribution in [0.1, 0.15) is 48.8 Å². The molecule has 0 aromatic heterocycles. The number of allylic oxidation sites excluding steroid dienone is 2. The number of rotatable bonds is 11. The fourth-order valence-electron chi connectivity index (χ4n) is 5.54. The standard InChI is InChI=1S/C33H33NO6/c1-5-19-40-32(36)33(17-12-18-34)30(29-25(38-3)20-24(37-2)21-26(29)39-4)27(22-13-8-6-9-14-22)28(31(33)35)23-15-10-7-11-16-23/h6-11,13-16,20-21,30H,5,12,17,19H2,1-4H3/t30-,33+/m1/s1. The Labute approximate surface area is 234 Å². The van der Waals surface area contributed by atoms with Crippen molar-refractivity contribution < 1.29 is 28.5 Å². The second-order valence-electron chi connectivity index (χ2n) is 9.49. The van der Waals surface area contributed by atoms with Crippen molar-refractivity contribution in [2.45, 2.75) is 32.1 Å². The van der Waals surface area contributed by atoms with E-state index in [9.17, 15) is 14.9 Å². The molecule has 0 spiro atoms. The first-order valence-electron chi connectivity index (χ1n) is 13.2. The van der Waals surface area contributed by atoms with E-state index in [1.54, 1.807) is 12.1 Å². The van der Waals surface area contributed by atoms with Crippen LogP contribution in [0.4, 0.5) is 0 Å². The van der Waals surface area contributed by atoms with Gasteiger partial charge in [-0.15, -0.1) is 0 Å². The van der Waals surface area contributed by atoms with Gasteiger partial charge in [0.25, 0.3) is 0 Å². The molecule has 0 bridgehead atoms. The molecule has 40 heavy (non-hydrogen) atoms. The van der Waals surface area contributed by atoms with Crippen LogP contribution in [0.2, 0.25) is 0 Å². The number of carbonyl (C=O) groups is 2. The number of nitriles is 1. The molecule has 0 saturated heterocycles. The zero-order chi connectivity index (χ0) is 28.7. The van der Waals surface area contributed by atoms with Crippen LogP contribution in [0, 0.1) is 16.7 Å². The smallest absolute Gasteiger partial charge is 0.321 e. The molecule has 0 aliphatic heterocycles. The van der Waals surface area contributed by atoms with Crippen molar-refractivity contribution in [3.63, 3.8) is 0 Å². The predicted molar refractivity (Wildman–Crippen MR) is 152 cm³/mol. The van der Waals surface area contributed by atoms with Gasteiger partial charge in [0.1, 0.15) is 22.7 Å². The van der Waals surface area contributed by atoms with Crippen LogP contribution < -0.4 is 14.2 Å². The maximum atomic E-state index is 14.9. The summed E-state index contributed by atoms with van der Waals surface area (Å²) in [5.74, 6) is -0.668. The molecule has 7 nitrogen and oxygen atoms in total. The maximum Gasteiger partial charge on any atom is 0.321 e. The van der Waals surface area contributed by atoms with Crippen LogP contribution >= 0.6 is 0 Å². The number of ether oxygens (including phenoxy) is 4. The average molecular weight is 540 g/mol. The Morgan fingerprint density at radius 2 is 1.48 bits per heavy atom. The van der Waals surface area contributed by atoms with Gasteiger partial charge in [0, 0.05) is 35.6 Å². The fraction of sp³-hybridized carbons (Fsp3) is 0.303. The van der Waals surface area contributed by atoms with E-state index in [4.69, 9.17) is 18.9 Å². The van der Waals surface area contributed by atoms with E-state index in [0.29, 0.717) is 45.9 Å². The van der Waals surface area contributed by atoms with E-state index in [1.807, 2.05) is 67.6 Å². The molecule has 3 aromatic carbocycles. The molecule has 0 unspecified atom stereocenters. The molecule has 0 amide bonds. The summed E-state index contributed by atoms with van der Waals surface area (Å²) in [5, 5.41) is 9.68. The predicted octanol–water partition coefficient (Wildman–Crippen LogP) is 6.23. The summed E-state index contributed by atoms with van der Waals surface area (Å²) in [5.41, 5.74) is 1.26. The minimum Gasteiger partial charge on any atom is -0.496 e. The van der Waals surface area contributed by atoms with Crippen molar-refractivity contribution in [2.75, 3.05) is 27.9 Å². The summed E-state index contributed by atoms with van der Waals surface area (Å²) in [6.45, 7) is 2.03. The van der Waals surface area contributed by atoms with Crippen molar-refractivity contribution in [2.24, 2.45) is 5.41 Å². The number of benzene rings is 3. The van der Waals surface area contributed by atoms with E-state index in [2.05, 4.69) is 6.07 Å². The zero-order valence-electron chi connectivity index (χ0n) is 23.2. The third kappa shape index (κ3) is 4.93. The number of ketones is 1. The molecule has 3 aromatic rings. The van der Waals surface area contributed by atoms with Crippen molar-refractivity contribution in [1.82, 2.24) is 0 Å². The second kappa shape index (κ2) is 12.5. The topological polar surface area (TPSA) is 94.9 Å². The summed E-state index contributed by atoms with van der Waals surface area (Å²) < 4.78 is 22.9. The lowest BCUT2D eigenvalue weighted by Crippen LogP contribution is -2.43. The van der Waals surface area contributed by atoms with Crippen LogP contribution in [0.15, 0.2) is 72.8 Å². The molecule has 2 atom stereocenters. The largest absolute Gasteiger partial charge is 0.496 e. The van der Waals surface area contributed by atoms with E-state index in [0.717, 1.165) is 5.56 Å². The highest BCUT2D eigenvalue weighted by Crippen LogP contribution is 2.62. The summed E-state index contributed by atoms with van der Waals surface area (Å²) in [7, 11) is 4.57. The Morgan fingerprint density at radius 3 is 1.98 bits per heavy atom. The van der Waals surface area contributed by atoms with Crippen molar-refractivity contribution in [3.8, 4) is 23.3 Å². The highest BCUT2D eigenvalue weighted by molar-refractivity contribution is 6.39. The third-order valence-electron chi connectivity index (χ3n) is 7.30. The molecule has 0 N–H and O–H groups in total. The monoisotopic (exact) mass is 539 g/mol. The number of hydrogen-bond acceptors (Lipinski definition) is 7. The molecule has 0 saturated carbocycles. The molecule has 0 radical (unpaired) electrons. The van der Waals surface area contributed by atoms with Gasteiger partial charge in [-0.25, -0.2) is 0 Å². The van der Waals surface area contributed by atoms with Gasteiger partial charge in [-0.05, 0) is 29.5 Å². The molecule has 1 aliphatic carbocycles. The third-order valence-corrected chi connectivity index (χ3v) is 7.30. The van der Waals surface area contributed by atoms with Gasteiger partial charge in [0.05, 0.1) is 34.0 Å². The molecule has 0 heterocycles. The average Bonchev–Trinajstić information content (AvgIpc) is 3.27. The van der Waals surface area contributed by atoms with E-state index < -0.39 is 17.3 Å². The lowest BCUT2D eigenvalue weighted by atomic mass is 9.67. The van der Waals surface area contributed by atoms with Gasteiger partial charge in [-0.1, -0.05) is 67.6 Å². The fourth-order valence-corrected chi connectivity index (χ4v) is 5.54. The first-order chi connectivity index (χ1) is 19.5. The minimum absolute atomic E-state index is 0.0333.